The quantitative estimate of drug-likeness (QED) is 0.440. The van der Waals surface area contributed by atoms with Crippen LogP contribution < -0.4 is 5.32 Å². The Morgan fingerprint density at radius 1 is 0.805 bits per heavy atom. The SMILES string of the molecule is O=C1CCC(N2Cc3cc(CN4CC5CCC4CN5Cc4ccccc4-c4ccc(Cl)cc4)ccc3C2=O)C(=O)N1. The Balaban J connectivity index is 1.02. The van der Waals surface area contributed by atoms with Crippen LogP contribution in [0.1, 0.15) is 52.7 Å². The van der Waals surface area contributed by atoms with Crippen molar-refractivity contribution < 1.29 is 14.4 Å². The lowest BCUT2D eigenvalue weighted by Gasteiger charge is -2.52. The second-order valence-corrected chi connectivity index (χ2v) is 12.2. The van der Waals surface area contributed by atoms with Crippen molar-refractivity contribution in [2.45, 2.75) is 63.4 Å². The maximum Gasteiger partial charge on any atom is 0.255 e. The molecular weight excluding hydrogens is 536 g/mol. The van der Waals surface area contributed by atoms with Gasteiger partial charge in [-0.3, -0.25) is 29.5 Å². The van der Waals surface area contributed by atoms with E-state index in [0.29, 0.717) is 30.6 Å². The van der Waals surface area contributed by atoms with E-state index in [1.807, 2.05) is 18.2 Å². The normalized spacial score (nSPS) is 24.6. The number of imide groups is 1. The number of halogens is 1. The van der Waals surface area contributed by atoms with E-state index >= 15 is 0 Å². The lowest BCUT2D eigenvalue weighted by Crippen LogP contribution is -2.61. The first kappa shape index (κ1) is 26.4. The third kappa shape index (κ3) is 5.07. The molecule has 5 aliphatic rings. The van der Waals surface area contributed by atoms with Gasteiger partial charge in [-0.1, -0.05) is 60.1 Å². The Morgan fingerprint density at radius 3 is 2.27 bits per heavy atom. The Morgan fingerprint density at radius 2 is 1.54 bits per heavy atom. The summed E-state index contributed by atoms with van der Waals surface area (Å²) in [6.07, 6.45) is 3.06. The van der Waals surface area contributed by atoms with Crippen LogP contribution in [0.25, 0.3) is 11.1 Å². The van der Waals surface area contributed by atoms with Crippen molar-refractivity contribution in [2.24, 2.45) is 0 Å². The molecule has 5 aliphatic heterocycles. The standard InChI is InChI=1S/C33H33ClN4O3/c34-25-8-6-22(7-9-25)28-4-2-1-3-23(28)17-37-20-26-10-11-27(37)19-36(26)16-21-5-12-29-24(15-21)18-38(33(29)41)30-13-14-31(39)35-32(30)40/h1-9,12,15,26-27,30H,10-11,13-14,16-20H2,(H,35,39,40). The second kappa shape index (κ2) is 10.7. The fourth-order valence-corrected chi connectivity index (χ4v) is 7.26. The van der Waals surface area contributed by atoms with Crippen molar-refractivity contribution in [3.8, 4) is 11.1 Å². The molecule has 3 unspecified atom stereocenters. The second-order valence-electron chi connectivity index (χ2n) is 11.8. The molecule has 7 nitrogen and oxygen atoms in total. The van der Waals surface area contributed by atoms with Gasteiger partial charge in [-0.25, -0.2) is 0 Å². The van der Waals surface area contributed by atoms with E-state index in [9.17, 15) is 14.4 Å². The van der Waals surface area contributed by atoms with Crippen molar-refractivity contribution in [3.05, 3.63) is 94.0 Å². The summed E-state index contributed by atoms with van der Waals surface area (Å²) in [6, 6.07) is 23.3. The number of carbonyl (C=O) groups is 3. The predicted octanol–water partition coefficient (Wildman–Crippen LogP) is 4.62. The highest BCUT2D eigenvalue weighted by Crippen LogP contribution is 2.34. The zero-order chi connectivity index (χ0) is 28.1. The van der Waals surface area contributed by atoms with Crippen LogP contribution in [0.15, 0.2) is 66.7 Å². The number of benzene rings is 3. The minimum Gasteiger partial charge on any atom is -0.322 e. The average molecular weight is 569 g/mol. The maximum absolute atomic E-state index is 13.1. The summed E-state index contributed by atoms with van der Waals surface area (Å²) in [4.78, 5) is 43.9. The zero-order valence-electron chi connectivity index (χ0n) is 22.9. The molecule has 3 amide bonds. The van der Waals surface area contributed by atoms with Crippen LogP contribution in [0.5, 0.6) is 0 Å². The topological polar surface area (TPSA) is 73.0 Å². The Hall–Kier alpha value is -3.52. The fourth-order valence-electron chi connectivity index (χ4n) is 7.14. The van der Waals surface area contributed by atoms with Crippen LogP contribution in [0.4, 0.5) is 0 Å². The van der Waals surface area contributed by atoms with Gasteiger partial charge in [-0.15, -0.1) is 0 Å². The van der Waals surface area contributed by atoms with Gasteiger partial charge in [0.05, 0.1) is 0 Å². The monoisotopic (exact) mass is 568 g/mol. The van der Waals surface area contributed by atoms with E-state index in [2.05, 4.69) is 63.6 Å². The molecule has 2 bridgehead atoms. The number of piperazine rings is 1. The molecule has 0 aromatic heterocycles. The number of piperidine rings is 3. The van der Waals surface area contributed by atoms with E-state index < -0.39 is 6.04 Å². The highest BCUT2D eigenvalue weighted by molar-refractivity contribution is 6.30. The lowest BCUT2D eigenvalue weighted by molar-refractivity contribution is -0.136. The molecule has 0 aliphatic carbocycles. The molecule has 3 aromatic carbocycles. The van der Waals surface area contributed by atoms with Crippen molar-refractivity contribution in [1.82, 2.24) is 20.0 Å². The molecular formula is C33H33ClN4O3. The molecule has 5 heterocycles. The summed E-state index contributed by atoms with van der Waals surface area (Å²) in [5.74, 6) is -0.752. The average Bonchev–Trinajstić information content (AvgIpc) is 3.29. The Labute approximate surface area is 245 Å². The first-order chi connectivity index (χ1) is 19.9. The summed E-state index contributed by atoms with van der Waals surface area (Å²) >= 11 is 6.14. The lowest BCUT2D eigenvalue weighted by atomic mass is 9.89. The van der Waals surface area contributed by atoms with Gasteiger partial charge in [0, 0.05) is 61.8 Å². The number of fused-ring (bicyclic) bond motifs is 4. The van der Waals surface area contributed by atoms with Gasteiger partial charge in [0.1, 0.15) is 6.04 Å². The van der Waals surface area contributed by atoms with Crippen LogP contribution in [0, 0.1) is 0 Å². The highest BCUT2D eigenvalue weighted by atomic mass is 35.5. The van der Waals surface area contributed by atoms with Gasteiger partial charge >= 0.3 is 0 Å². The largest absolute Gasteiger partial charge is 0.322 e. The molecule has 3 aromatic rings. The van der Waals surface area contributed by atoms with Gasteiger partial charge in [0.25, 0.3) is 5.91 Å². The molecule has 210 valence electrons. The van der Waals surface area contributed by atoms with Crippen LogP contribution in [-0.4, -0.2) is 63.6 Å². The molecule has 1 N–H and O–H groups in total. The predicted molar refractivity (Wildman–Crippen MR) is 157 cm³/mol. The number of nitrogens with zero attached hydrogens (tertiary/aromatic N) is 3. The van der Waals surface area contributed by atoms with E-state index in [1.54, 1.807) is 4.90 Å². The molecule has 0 saturated carbocycles. The van der Waals surface area contributed by atoms with Crippen molar-refractivity contribution >= 4 is 29.3 Å². The highest BCUT2D eigenvalue weighted by Gasteiger charge is 2.41. The summed E-state index contributed by atoms with van der Waals surface area (Å²) < 4.78 is 0. The number of hydrogen-bond acceptors (Lipinski definition) is 5. The minimum atomic E-state index is -0.579. The molecule has 41 heavy (non-hydrogen) atoms. The van der Waals surface area contributed by atoms with Gasteiger partial charge in [-0.05, 0) is 65.3 Å². The Bertz CT molecular complexity index is 1520. The summed E-state index contributed by atoms with van der Waals surface area (Å²) in [6.45, 7) is 4.29. The van der Waals surface area contributed by atoms with E-state index in [4.69, 9.17) is 11.6 Å². The van der Waals surface area contributed by atoms with E-state index in [1.165, 1.54) is 35.1 Å². The van der Waals surface area contributed by atoms with Gasteiger partial charge in [0.2, 0.25) is 11.8 Å². The first-order valence-corrected chi connectivity index (χ1v) is 14.9. The minimum absolute atomic E-state index is 0.118. The van der Waals surface area contributed by atoms with Gasteiger partial charge in [0.15, 0.2) is 0 Å². The van der Waals surface area contributed by atoms with Crippen LogP contribution in [0.2, 0.25) is 5.02 Å². The Kier molecular flexibility index (Phi) is 6.89. The zero-order valence-corrected chi connectivity index (χ0v) is 23.6. The van der Waals surface area contributed by atoms with Crippen LogP contribution in [0.3, 0.4) is 0 Å². The fraction of sp³-hybridized carbons (Fsp3) is 0.364. The molecule has 8 rings (SSSR count). The summed E-state index contributed by atoms with van der Waals surface area (Å²) in [7, 11) is 0. The molecule has 0 radical (unpaired) electrons. The number of hydrogen-bond donors (Lipinski definition) is 1. The molecule has 0 spiro atoms. The number of nitrogens with one attached hydrogen (secondary N) is 1. The summed E-state index contributed by atoms with van der Waals surface area (Å²) in [5, 5.41) is 3.13. The molecule has 8 heteroatoms. The first-order valence-electron chi connectivity index (χ1n) is 14.5. The van der Waals surface area contributed by atoms with Crippen molar-refractivity contribution in [1.29, 1.82) is 0 Å². The van der Waals surface area contributed by atoms with Crippen molar-refractivity contribution in [2.75, 3.05) is 13.1 Å². The number of rotatable bonds is 6. The third-order valence-corrected chi connectivity index (χ3v) is 9.53. The molecule has 3 atom stereocenters. The number of carbonyl (C=O) groups excluding carboxylic acids is 3. The summed E-state index contributed by atoms with van der Waals surface area (Å²) in [5.41, 5.74) is 6.65. The van der Waals surface area contributed by atoms with Crippen LogP contribution >= 0.6 is 11.6 Å². The van der Waals surface area contributed by atoms with Gasteiger partial charge < -0.3 is 4.90 Å². The van der Waals surface area contributed by atoms with E-state index in [0.717, 1.165) is 36.8 Å². The van der Waals surface area contributed by atoms with Crippen molar-refractivity contribution in [3.63, 3.8) is 0 Å². The van der Waals surface area contributed by atoms with Gasteiger partial charge in [-0.2, -0.15) is 0 Å². The van der Waals surface area contributed by atoms with Crippen LogP contribution in [-0.2, 0) is 29.2 Å². The maximum atomic E-state index is 13.1. The van der Waals surface area contributed by atoms with E-state index in [-0.39, 0.29) is 24.1 Å². The molecule has 4 fully saturated rings. The third-order valence-electron chi connectivity index (χ3n) is 9.28. The molecule has 4 saturated heterocycles. The number of amides is 3. The smallest absolute Gasteiger partial charge is 0.255 e.